The molecule has 2 N–H and O–H groups in total. The zero-order valence-electron chi connectivity index (χ0n) is 12.9. The molecule has 122 valence electrons. The normalized spacial score (nSPS) is 10.3. The molecule has 1 aromatic heterocycles. The van der Waals surface area contributed by atoms with Crippen LogP contribution in [-0.2, 0) is 4.79 Å². The van der Waals surface area contributed by atoms with E-state index >= 15 is 0 Å². The number of carbonyl (C=O) groups is 2. The predicted octanol–water partition coefficient (Wildman–Crippen LogP) is 1.30. The molecule has 1 heterocycles. The second-order valence-corrected chi connectivity index (χ2v) is 5.70. The maximum atomic E-state index is 11.8. The maximum Gasteiger partial charge on any atom is 0.321 e. The van der Waals surface area contributed by atoms with Gasteiger partial charge in [0.25, 0.3) is 0 Å². The van der Waals surface area contributed by atoms with Gasteiger partial charge in [0, 0.05) is 6.54 Å². The molecule has 8 nitrogen and oxygen atoms in total. The fraction of sp³-hybridized carbons (Fsp3) is 0.357. The zero-order valence-corrected chi connectivity index (χ0v) is 13.8. The first-order chi connectivity index (χ1) is 11.1. The van der Waals surface area contributed by atoms with Gasteiger partial charge in [0.1, 0.15) is 0 Å². The summed E-state index contributed by atoms with van der Waals surface area (Å²) < 4.78 is 1.57. The van der Waals surface area contributed by atoms with Crippen molar-refractivity contribution in [2.24, 2.45) is 0 Å². The van der Waals surface area contributed by atoms with E-state index in [-0.39, 0.29) is 5.75 Å². The largest absolute Gasteiger partial charge is 0.338 e. The Hall–Kier alpha value is -2.42. The van der Waals surface area contributed by atoms with Gasteiger partial charge in [0.2, 0.25) is 11.1 Å². The number of rotatable bonds is 6. The van der Waals surface area contributed by atoms with Crippen molar-refractivity contribution >= 4 is 23.7 Å². The van der Waals surface area contributed by atoms with Gasteiger partial charge < -0.3 is 5.32 Å². The third-order valence-electron chi connectivity index (χ3n) is 2.91. The highest BCUT2D eigenvalue weighted by molar-refractivity contribution is 7.99. The van der Waals surface area contributed by atoms with Crippen molar-refractivity contribution in [3.8, 4) is 5.69 Å². The Balaban J connectivity index is 1.95. The van der Waals surface area contributed by atoms with Crippen molar-refractivity contribution in [3.05, 3.63) is 29.8 Å². The molecule has 0 radical (unpaired) electrons. The van der Waals surface area contributed by atoms with E-state index < -0.39 is 11.9 Å². The van der Waals surface area contributed by atoms with Crippen molar-refractivity contribution in [2.75, 3.05) is 12.3 Å². The van der Waals surface area contributed by atoms with Crippen LogP contribution in [0, 0.1) is 6.92 Å². The summed E-state index contributed by atoms with van der Waals surface area (Å²) in [6.07, 6.45) is 0.807. The highest BCUT2D eigenvalue weighted by Gasteiger charge is 2.14. The van der Waals surface area contributed by atoms with Crippen molar-refractivity contribution in [2.45, 2.75) is 25.4 Å². The molecule has 0 saturated carbocycles. The van der Waals surface area contributed by atoms with Crippen molar-refractivity contribution in [3.63, 3.8) is 0 Å². The Morgan fingerprint density at radius 1 is 1.30 bits per heavy atom. The van der Waals surface area contributed by atoms with E-state index in [1.54, 1.807) is 4.68 Å². The number of carbonyl (C=O) groups excluding carboxylic acids is 2. The van der Waals surface area contributed by atoms with Crippen LogP contribution in [0.3, 0.4) is 0 Å². The number of imide groups is 1. The molecule has 0 aliphatic rings. The van der Waals surface area contributed by atoms with E-state index in [9.17, 15) is 9.59 Å². The number of hydrogen-bond acceptors (Lipinski definition) is 6. The predicted molar refractivity (Wildman–Crippen MR) is 86.4 cm³/mol. The summed E-state index contributed by atoms with van der Waals surface area (Å²) in [5.74, 6) is -0.353. The number of thioether (sulfide) groups is 1. The number of tetrazole rings is 1. The smallest absolute Gasteiger partial charge is 0.321 e. The Morgan fingerprint density at radius 2 is 2.09 bits per heavy atom. The summed E-state index contributed by atoms with van der Waals surface area (Å²) in [6.45, 7) is 4.41. The molecule has 0 bridgehead atoms. The number of para-hydroxylation sites is 1. The lowest BCUT2D eigenvalue weighted by atomic mass is 10.2. The summed E-state index contributed by atoms with van der Waals surface area (Å²) in [7, 11) is 0. The summed E-state index contributed by atoms with van der Waals surface area (Å²) in [4.78, 5) is 23.2. The number of benzene rings is 1. The minimum atomic E-state index is -0.490. The highest BCUT2D eigenvalue weighted by Crippen LogP contribution is 2.19. The van der Waals surface area contributed by atoms with Gasteiger partial charge >= 0.3 is 6.03 Å². The molecule has 2 aromatic rings. The van der Waals surface area contributed by atoms with Crippen LogP contribution in [0.2, 0.25) is 0 Å². The first kappa shape index (κ1) is 16.9. The number of nitrogens with zero attached hydrogens (tertiary/aromatic N) is 4. The highest BCUT2D eigenvalue weighted by atomic mass is 32.2. The third kappa shape index (κ3) is 4.78. The van der Waals surface area contributed by atoms with E-state index in [0.717, 1.165) is 17.7 Å². The number of hydrogen-bond donors (Lipinski definition) is 2. The van der Waals surface area contributed by atoms with Crippen LogP contribution in [-0.4, -0.2) is 44.4 Å². The zero-order chi connectivity index (χ0) is 16.7. The molecule has 0 saturated heterocycles. The Kier molecular flexibility index (Phi) is 6.10. The number of aromatic nitrogens is 4. The van der Waals surface area contributed by atoms with Crippen LogP contribution in [0.25, 0.3) is 5.69 Å². The molecule has 0 spiro atoms. The third-order valence-corrected chi connectivity index (χ3v) is 3.82. The fourth-order valence-corrected chi connectivity index (χ4v) is 2.48. The lowest BCUT2D eigenvalue weighted by Crippen LogP contribution is -2.40. The summed E-state index contributed by atoms with van der Waals surface area (Å²) in [5, 5.41) is 16.8. The minimum Gasteiger partial charge on any atom is -0.338 e. The summed E-state index contributed by atoms with van der Waals surface area (Å²) in [6, 6.07) is 7.18. The van der Waals surface area contributed by atoms with E-state index in [0.29, 0.717) is 11.7 Å². The van der Waals surface area contributed by atoms with Gasteiger partial charge in [-0.05, 0) is 35.4 Å². The van der Waals surface area contributed by atoms with Crippen LogP contribution in [0.5, 0.6) is 0 Å². The van der Waals surface area contributed by atoms with Gasteiger partial charge in [0.05, 0.1) is 11.4 Å². The molecule has 9 heteroatoms. The SMILES string of the molecule is CCCNC(=O)NC(=O)CSc1nnnn1-c1ccccc1C. The molecule has 0 aliphatic carbocycles. The van der Waals surface area contributed by atoms with Crippen LogP contribution in [0.15, 0.2) is 29.4 Å². The number of aryl methyl sites for hydroxylation is 1. The van der Waals surface area contributed by atoms with Crippen molar-refractivity contribution in [1.29, 1.82) is 0 Å². The van der Waals surface area contributed by atoms with Crippen molar-refractivity contribution < 1.29 is 9.59 Å². The number of nitrogens with one attached hydrogen (secondary N) is 2. The molecule has 0 unspecified atom stereocenters. The molecule has 0 fully saturated rings. The molecule has 3 amide bonds. The van der Waals surface area contributed by atoms with Gasteiger partial charge in [-0.3, -0.25) is 10.1 Å². The molecular formula is C14H18N6O2S. The van der Waals surface area contributed by atoms with Gasteiger partial charge in [-0.15, -0.1) is 5.10 Å². The van der Waals surface area contributed by atoms with Crippen LogP contribution >= 0.6 is 11.8 Å². The van der Waals surface area contributed by atoms with Gasteiger partial charge in [0.15, 0.2) is 0 Å². The van der Waals surface area contributed by atoms with Crippen LogP contribution < -0.4 is 10.6 Å². The molecule has 0 atom stereocenters. The fourth-order valence-electron chi connectivity index (χ4n) is 1.80. The van der Waals surface area contributed by atoms with Crippen molar-refractivity contribution in [1.82, 2.24) is 30.8 Å². The topological polar surface area (TPSA) is 102 Å². The average molecular weight is 334 g/mol. The molecule has 1 aromatic carbocycles. The lowest BCUT2D eigenvalue weighted by molar-refractivity contribution is -0.117. The Morgan fingerprint density at radius 3 is 2.83 bits per heavy atom. The summed E-state index contributed by atoms with van der Waals surface area (Å²) >= 11 is 1.17. The van der Waals surface area contributed by atoms with E-state index in [4.69, 9.17) is 0 Å². The molecular weight excluding hydrogens is 316 g/mol. The van der Waals surface area contributed by atoms with E-state index in [2.05, 4.69) is 26.2 Å². The first-order valence-electron chi connectivity index (χ1n) is 7.16. The van der Waals surface area contributed by atoms with Crippen LogP contribution in [0.1, 0.15) is 18.9 Å². The monoisotopic (exact) mass is 334 g/mol. The van der Waals surface area contributed by atoms with E-state index in [1.807, 2.05) is 38.1 Å². The van der Waals surface area contributed by atoms with E-state index in [1.165, 1.54) is 11.8 Å². The quantitative estimate of drug-likeness (QED) is 0.772. The second-order valence-electron chi connectivity index (χ2n) is 4.75. The Labute approximate surface area is 138 Å². The van der Waals surface area contributed by atoms with Crippen LogP contribution in [0.4, 0.5) is 4.79 Å². The minimum absolute atomic E-state index is 0.0474. The standard InChI is InChI=1S/C14H18N6O2S/c1-3-8-15-13(22)16-12(21)9-23-14-17-18-19-20(14)11-7-5-4-6-10(11)2/h4-7H,3,8-9H2,1-2H3,(H2,15,16,21,22). The molecule has 0 aliphatic heterocycles. The lowest BCUT2D eigenvalue weighted by Gasteiger charge is -2.07. The number of amides is 3. The second kappa shape index (κ2) is 8.28. The molecule has 23 heavy (non-hydrogen) atoms. The Bertz CT molecular complexity index is 687. The van der Waals surface area contributed by atoms with Gasteiger partial charge in [-0.2, -0.15) is 4.68 Å². The molecule has 2 rings (SSSR count). The first-order valence-corrected chi connectivity index (χ1v) is 8.15. The number of urea groups is 1. The van der Waals surface area contributed by atoms with Gasteiger partial charge in [-0.25, -0.2) is 4.79 Å². The average Bonchev–Trinajstić information content (AvgIpc) is 2.99. The summed E-state index contributed by atoms with van der Waals surface area (Å²) in [5.41, 5.74) is 1.87. The maximum absolute atomic E-state index is 11.8. The van der Waals surface area contributed by atoms with Gasteiger partial charge in [-0.1, -0.05) is 36.9 Å².